The zero-order chi connectivity index (χ0) is 12.0. The highest BCUT2D eigenvalue weighted by atomic mass is 16.5. The van der Waals surface area contributed by atoms with Gasteiger partial charge in [-0.2, -0.15) is 0 Å². The summed E-state index contributed by atoms with van der Waals surface area (Å²) >= 11 is 0. The molecule has 0 aromatic heterocycles. The van der Waals surface area contributed by atoms with Crippen molar-refractivity contribution in [1.82, 2.24) is 0 Å². The highest BCUT2D eigenvalue weighted by molar-refractivity contribution is 6.05. The molecule has 1 aliphatic heterocycles. The summed E-state index contributed by atoms with van der Waals surface area (Å²) in [5, 5.41) is 9.54. The lowest BCUT2D eigenvalue weighted by atomic mass is 10.0. The highest BCUT2D eigenvalue weighted by Gasteiger charge is 2.26. The molecule has 3 N–H and O–H groups in total. The average Bonchev–Trinajstić information content (AvgIpc) is 2.28. The summed E-state index contributed by atoms with van der Waals surface area (Å²) in [4.78, 5) is 4.49. The minimum atomic E-state index is -0.350. The fourth-order valence-corrected chi connectivity index (χ4v) is 1.92. The number of aliphatic hydroxyl groups is 1. The summed E-state index contributed by atoms with van der Waals surface area (Å²) in [6.45, 7) is 2.00. The molecule has 4 heteroatoms. The van der Waals surface area contributed by atoms with Crippen LogP contribution in [0.4, 0.5) is 5.69 Å². The Morgan fingerprint density at radius 2 is 2.24 bits per heavy atom. The van der Waals surface area contributed by atoms with Gasteiger partial charge in [0.2, 0.25) is 0 Å². The Labute approximate surface area is 98.7 Å². The van der Waals surface area contributed by atoms with Crippen LogP contribution in [0.25, 0.3) is 0 Å². The number of aliphatic imine (C=N–C) groups is 1. The molecule has 1 atom stereocenters. The van der Waals surface area contributed by atoms with E-state index in [9.17, 15) is 5.11 Å². The van der Waals surface area contributed by atoms with Gasteiger partial charge in [-0.25, -0.2) is 4.99 Å². The maximum absolute atomic E-state index is 9.54. The summed E-state index contributed by atoms with van der Waals surface area (Å²) in [5.41, 5.74) is 8.61. The van der Waals surface area contributed by atoms with E-state index in [2.05, 4.69) is 4.99 Å². The predicted octanol–water partition coefficient (Wildman–Crippen LogP) is 2.13. The Morgan fingerprint density at radius 1 is 1.41 bits per heavy atom. The number of hydrogen-bond acceptors (Lipinski definition) is 4. The monoisotopic (exact) mass is 228 g/mol. The molecule has 1 aliphatic carbocycles. The number of benzene rings is 1. The number of fused-ring (bicyclic) bond motifs is 2. The molecule has 4 nitrogen and oxygen atoms in total. The van der Waals surface area contributed by atoms with Crippen molar-refractivity contribution >= 4 is 11.4 Å². The Bertz CT molecular complexity index is 585. The van der Waals surface area contributed by atoms with Crippen LogP contribution in [-0.2, 0) is 0 Å². The van der Waals surface area contributed by atoms with Gasteiger partial charge in [0.1, 0.15) is 17.2 Å². The molecule has 86 valence electrons. The lowest BCUT2D eigenvalue weighted by molar-refractivity contribution is 0.298. The van der Waals surface area contributed by atoms with Gasteiger partial charge in [-0.3, -0.25) is 0 Å². The largest absolute Gasteiger partial charge is 0.506 e. The summed E-state index contributed by atoms with van der Waals surface area (Å²) < 4.78 is 5.74. The number of hydrogen-bond donors (Lipinski definition) is 2. The Morgan fingerprint density at radius 3 is 3.06 bits per heavy atom. The fraction of sp³-hybridized carbons (Fsp3) is 0.154. The molecule has 0 amide bonds. The van der Waals surface area contributed by atoms with Gasteiger partial charge >= 0.3 is 0 Å². The van der Waals surface area contributed by atoms with E-state index in [4.69, 9.17) is 10.5 Å². The van der Waals surface area contributed by atoms with E-state index in [1.54, 1.807) is 12.2 Å². The van der Waals surface area contributed by atoms with Gasteiger partial charge in [-0.15, -0.1) is 0 Å². The zero-order valence-electron chi connectivity index (χ0n) is 9.34. The molecule has 17 heavy (non-hydrogen) atoms. The van der Waals surface area contributed by atoms with Crippen LogP contribution < -0.4 is 10.5 Å². The van der Waals surface area contributed by atoms with E-state index in [1.165, 1.54) is 0 Å². The maximum Gasteiger partial charge on any atom is 0.163 e. The molecule has 0 saturated carbocycles. The molecule has 0 bridgehead atoms. The van der Waals surface area contributed by atoms with Gasteiger partial charge in [0.25, 0.3) is 0 Å². The Kier molecular flexibility index (Phi) is 1.98. The number of nitrogens with zero attached hydrogens (tertiary/aromatic N) is 1. The van der Waals surface area contributed by atoms with Gasteiger partial charge in [-0.1, -0.05) is 6.07 Å². The molecule has 0 fully saturated rings. The van der Waals surface area contributed by atoms with E-state index in [-0.39, 0.29) is 11.9 Å². The lowest BCUT2D eigenvalue weighted by Crippen LogP contribution is -2.31. The van der Waals surface area contributed by atoms with Crippen LogP contribution in [0.2, 0.25) is 0 Å². The maximum atomic E-state index is 9.54. The van der Waals surface area contributed by atoms with Crippen molar-refractivity contribution < 1.29 is 9.84 Å². The van der Waals surface area contributed by atoms with Gasteiger partial charge in [0, 0.05) is 6.08 Å². The topological polar surface area (TPSA) is 67.8 Å². The van der Waals surface area contributed by atoms with Crippen LogP contribution in [0.5, 0.6) is 5.75 Å². The van der Waals surface area contributed by atoms with Crippen molar-refractivity contribution in [2.24, 2.45) is 10.7 Å². The average molecular weight is 228 g/mol. The van der Waals surface area contributed by atoms with Crippen LogP contribution in [-0.4, -0.2) is 16.9 Å². The van der Waals surface area contributed by atoms with Gasteiger partial charge in [0.15, 0.2) is 6.10 Å². The second-order valence-electron chi connectivity index (χ2n) is 4.20. The fourth-order valence-electron chi connectivity index (χ4n) is 1.92. The molecule has 1 unspecified atom stereocenters. The molecular weight excluding hydrogens is 216 g/mol. The summed E-state index contributed by atoms with van der Waals surface area (Å²) in [7, 11) is 0. The smallest absolute Gasteiger partial charge is 0.163 e. The molecular formula is C13H12N2O2. The number of nitrogens with two attached hydrogens (primary N) is 1. The predicted molar refractivity (Wildman–Crippen MR) is 65.7 cm³/mol. The second-order valence-corrected chi connectivity index (χ2v) is 4.20. The van der Waals surface area contributed by atoms with Gasteiger partial charge < -0.3 is 15.6 Å². The van der Waals surface area contributed by atoms with Crippen molar-refractivity contribution in [2.45, 2.75) is 13.0 Å². The van der Waals surface area contributed by atoms with E-state index in [1.807, 2.05) is 25.1 Å². The molecule has 1 aromatic carbocycles. The van der Waals surface area contributed by atoms with Crippen LogP contribution in [0.1, 0.15) is 5.56 Å². The molecule has 3 rings (SSSR count). The number of aliphatic hydroxyl groups excluding tert-OH is 1. The lowest BCUT2D eigenvalue weighted by Gasteiger charge is -2.25. The number of aryl methyl sites for hydroxylation is 1. The summed E-state index contributed by atoms with van der Waals surface area (Å²) in [6.07, 6.45) is 2.86. The van der Waals surface area contributed by atoms with E-state index >= 15 is 0 Å². The first-order chi connectivity index (χ1) is 8.13. The minimum absolute atomic E-state index is 0.0458. The quantitative estimate of drug-likeness (QED) is 0.714. The van der Waals surface area contributed by atoms with Crippen molar-refractivity contribution in [3.05, 3.63) is 47.4 Å². The molecule has 1 heterocycles. The first kappa shape index (κ1) is 9.96. The molecule has 1 aromatic rings. The van der Waals surface area contributed by atoms with E-state index < -0.39 is 0 Å². The van der Waals surface area contributed by atoms with Crippen LogP contribution in [0.15, 0.2) is 46.8 Å². The van der Waals surface area contributed by atoms with Gasteiger partial charge in [0.05, 0.1) is 11.4 Å². The Hall–Kier alpha value is -2.23. The van der Waals surface area contributed by atoms with E-state index in [0.29, 0.717) is 5.70 Å². The van der Waals surface area contributed by atoms with Gasteiger partial charge in [-0.05, 0) is 30.7 Å². The highest BCUT2D eigenvalue weighted by Crippen LogP contribution is 2.35. The first-order valence-corrected chi connectivity index (χ1v) is 5.38. The summed E-state index contributed by atoms with van der Waals surface area (Å²) in [6, 6.07) is 5.81. The standard InChI is InChI=1S/C13H12N2O2/c1-7-2-3-12-9(4-7)15-10-5-8(14)11(16)6-13(10)17-12/h2-6,13,16H,14H2,1H3. The third kappa shape index (κ3) is 1.58. The first-order valence-electron chi connectivity index (χ1n) is 5.38. The van der Waals surface area contributed by atoms with Crippen molar-refractivity contribution in [3.8, 4) is 5.75 Å². The zero-order valence-corrected chi connectivity index (χ0v) is 9.34. The third-order valence-corrected chi connectivity index (χ3v) is 2.82. The van der Waals surface area contributed by atoms with Crippen LogP contribution in [0, 0.1) is 6.92 Å². The number of rotatable bonds is 0. The molecule has 2 aliphatic rings. The normalized spacial score (nSPS) is 21.5. The van der Waals surface area contributed by atoms with Crippen LogP contribution >= 0.6 is 0 Å². The van der Waals surface area contributed by atoms with E-state index in [0.717, 1.165) is 22.7 Å². The second kappa shape index (κ2) is 3.38. The summed E-state index contributed by atoms with van der Waals surface area (Å²) in [5.74, 6) is 0.770. The third-order valence-electron chi connectivity index (χ3n) is 2.82. The van der Waals surface area contributed by atoms with Crippen molar-refractivity contribution in [3.63, 3.8) is 0 Å². The Balaban J connectivity index is 2.11. The van der Waals surface area contributed by atoms with Crippen molar-refractivity contribution in [2.75, 3.05) is 0 Å². The molecule has 0 radical (unpaired) electrons. The molecule has 0 spiro atoms. The van der Waals surface area contributed by atoms with Crippen LogP contribution in [0.3, 0.4) is 0 Å². The minimum Gasteiger partial charge on any atom is -0.506 e. The number of ether oxygens (including phenoxy) is 1. The van der Waals surface area contributed by atoms with Crippen molar-refractivity contribution in [1.29, 1.82) is 0 Å². The SMILES string of the molecule is Cc1ccc2c(c1)N=C1C=C(N)C(O)=CC1O2. The molecule has 0 saturated heterocycles.